The summed E-state index contributed by atoms with van der Waals surface area (Å²) in [5.74, 6) is 0. The molecule has 3 rings (SSSR count). The van der Waals surface area contributed by atoms with Crippen molar-refractivity contribution >= 4 is 6.03 Å². The fourth-order valence-electron chi connectivity index (χ4n) is 3.47. The number of hydrogen-bond donors (Lipinski definition) is 2. The first-order chi connectivity index (χ1) is 7.86. The number of nitrogens with one attached hydrogen (secondary N) is 2. The Balaban J connectivity index is 1.74. The number of fused-ring (bicyclic) bond motifs is 1. The van der Waals surface area contributed by atoms with Gasteiger partial charge in [0.05, 0.1) is 6.04 Å². The molecule has 2 amide bonds. The summed E-state index contributed by atoms with van der Waals surface area (Å²) in [5, 5.41) is 6.49. The maximum Gasteiger partial charge on any atom is 0.319 e. The van der Waals surface area contributed by atoms with E-state index in [2.05, 4.69) is 15.5 Å². The maximum atomic E-state index is 12.0. The number of hydrogen-bond acceptors (Lipinski definition) is 2. The summed E-state index contributed by atoms with van der Waals surface area (Å²) in [7, 11) is 0. The Hall–Kier alpha value is -0.770. The van der Waals surface area contributed by atoms with Gasteiger partial charge in [0.15, 0.2) is 0 Å². The summed E-state index contributed by atoms with van der Waals surface area (Å²) >= 11 is 0. The van der Waals surface area contributed by atoms with Crippen LogP contribution in [0.3, 0.4) is 0 Å². The van der Waals surface area contributed by atoms with E-state index in [9.17, 15) is 4.79 Å². The maximum absolute atomic E-state index is 12.0. The van der Waals surface area contributed by atoms with Gasteiger partial charge in [-0.05, 0) is 32.2 Å². The normalized spacial score (nSPS) is 36.0. The second kappa shape index (κ2) is 4.24. The minimum absolute atomic E-state index is 0.163. The van der Waals surface area contributed by atoms with Gasteiger partial charge >= 0.3 is 6.03 Å². The Labute approximate surface area is 96.8 Å². The zero-order chi connectivity index (χ0) is 11.0. The highest BCUT2D eigenvalue weighted by Crippen LogP contribution is 2.30. The van der Waals surface area contributed by atoms with Gasteiger partial charge in [0.1, 0.15) is 6.17 Å². The lowest BCUT2D eigenvalue weighted by Crippen LogP contribution is -2.52. The predicted octanol–water partition coefficient (Wildman–Crippen LogP) is 1.42. The van der Waals surface area contributed by atoms with E-state index in [1.165, 1.54) is 38.5 Å². The molecule has 2 heterocycles. The number of carbonyl (C=O) groups excluding carboxylic acids is 1. The van der Waals surface area contributed by atoms with E-state index in [1.54, 1.807) is 0 Å². The average molecular weight is 223 g/mol. The number of nitrogens with zero attached hydrogens (tertiary/aromatic N) is 1. The van der Waals surface area contributed by atoms with Crippen LogP contribution in [0.2, 0.25) is 0 Å². The van der Waals surface area contributed by atoms with E-state index in [4.69, 9.17) is 0 Å². The highest BCUT2D eigenvalue weighted by molar-refractivity contribution is 5.78. The Morgan fingerprint density at radius 2 is 1.88 bits per heavy atom. The van der Waals surface area contributed by atoms with Crippen molar-refractivity contribution in [3.05, 3.63) is 0 Å². The molecule has 4 nitrogen and oxygen atoms in total. The van der Waals surface area contributed by atoms with E-state index >= 15 is 0 Å². The minimum Gasteiger partial charge on any atom is -0.321 e. The topological polar surface area (TPSA) is 44.4 Å². The van der Waals surface area contributed by atoms with E-state index in [0.717, 1.165) is 13.0 Å². The zero-order valence-electron chi connectivity index (χ0n) is 9.74. The summed E-state index contributed by atoms with van der Waals surface area (Å²) in [6.07, 6.45) is 8.90. The molecule has 0 aromatic rings. The third-order valence-corrected chi connectivity index (χ3v) is 4.26. The molecule has 3 fully saturated rings. The van der Waals surface area contributed by atoms with Gasteiger partial charge in [-0.3, -0.25) is 5.32 Å². The van der Waals surface area contributed by atoms with Crippen molar-refractivity contribution in [2.75, 3.05) is 6.54 Å². The quantitative estimate of drug-likeness (QED) is 0.706. The van der Waals surface area contributed by atoms with Gasteiger partial charge in [0, 0.05) is 6.04 Å². The van der Waals surface area contributed by atoms with Crippen LogP contribution in [0.5, 0.6) is 0 Å². The molecule has 2 saturated heterocycles. The number of amides is 2. The van der Waals surface area contributed by atoms with Crippen LogP contribution in [-0.2, 0) is 0 Å². The average Bonchev–Trinajstić information content (AvgIpc) is 2.66. The molecular weight excluding hydrogens is 202 g/mol. The largest absolute Gasteiger partial charge is 0.321 e. The van der Waals surface area contributed by atoms with Crippen LogP contribution in [0.4, 0.5) is 4.79 Å². The molecule has 1 aliphatic carbocycles. The van der Waals surface area contributed by atoms with Gasteiger partial charge in [-0.15, -0.1) is 0 Å². The van der Waals surface area contributed by atoms with Gasteiger partial charge < -0.3 is 10.2 Å². The monoisotopic (exact) mass is 223 g/mol. The van der Waals surface area contributed by atoms with Crippen LogP contribution < -0.4 is 10.6 Å². The molecule has 3 aliphatic rings. The molecule has 2 unspecified atom stereocenters. The van der Waals surface area contributed by atoms with Crippen molar-refractivity contribution in [1.82, 2.24) is 15.5 Å². The van der Waals surface area contributed by atoms with Gasteiger partial charge in [-0.1, -0.05) is 19.3 Å². The molecule has 0 bridgehead atoms. The standard InChI is InChI=1S/C12H21N3O/c16-12-14-11-10(7-4-8-13-11)15(12)9-5-2-1-3-6-9/h9-11,13H,1-8H2,(H,14,16). The second-order valence-electron chi connectivity index (χ2n) is 5.29. The summed E-state index contributed by atoms with van der Waals surface area (Å²) < 4.78 is 0. The second-order valence-corrected chi connectivity index (χ2v) is 5.29. The van der Waals surface area contributed by atoms with Crippen molar-refractivity contribution in [2.24, 2.45) is 0 Å². The van der Waals surface area contributed by atoms with Crippen molar-refractivity contribution < 1.29 is 4.79 Å². The molecule has 0 aromatic carbocycles. The summed E-state index contributed by atoms with van der Waals surface area (Å²) in [4.78, 5) is 14.2. The molecule has 90 valence electrons. The van der Waals surface area contributed by atoms with Gasteiger partial charge in [0.2, 0.25) is 0 Å². The first-order valence-electron chi connectivity index (χ1n) is 6.68. The van der Waals surface area contributed by atoms with Crippen LogP contribution in [0.15, 0.2) is 0 Å². The fraction of sp³-hybridized carbons (Fsp3) is 0.917. The van der Waals surface area contributed by atoms with Gasteiger partial charge in [-0.2, -0.15) is 0 Å². The SMILES string of the molecule is O=C1NC2NCCCC2N1C1CCCCC1. The first kappa shape index (κ1) is 10.4. The Kier molecular flexibility index (Phi) is 2.75. The summed E-state index contributed by atoms with van der Waals surface area (Å²) in [5.41, 5.74) is 0. The predicted molar refractivity (Wildman–Crippen MR) is 62.1 cm³/mol. The zero-order valence-corrected chi connectivity index (χ0v) is 9.74. The molecule has 0 aromatic heterocycles. The van der Waals surface area contributed by atoms with Crippen molar-refractivity contribution in [3.63, 3.8) is 0 Å². The van der Waals surface area contributed by atoms with E-state index in [0.29, 0.717) is 12.1 Å². The Morgan fingerprint density at radius 1 is 1.06 bits per heavy atom. The van der Waals surface area contributed by atoms with Crippen molar-refractivity contribution in [2.45, 2.75) is 63.2 Å². The molecule has 2 atom stereocenters. The van der Waals surface area contributed by atoms with E-state index < -0.39 is 0 Å². The van der Waals surface area contributed by atoms with Crippen LogP contribution in [-0.4, -0.2) is 35.7 Å². The smallest absolute Gasteiger partial charge is 0.319 e. The molecule has 2 N–H and O–H groups in total. The van der Waals surface area contributed by atoms with Gasteiger partial charge in [0.25, 0.3) is 0 Å². The number of urea groups is 1. The highest BCUT2D eigenvalue weighted by Gasteiger charge is 2.43. The minimum atomic E-state index is 0.163. The number of piperidine rings is 1. The lowest BCUT2D eigenvalue weighted by molar-refractivity contribution is 0.131. The van der Waals surface area contributed by atoms with Gasteiger partial charge in [-0.25, -0.2) is 4.79 Å². The summed E-state index contributed by atoms with van der Waals surface area (Å²) in [6.45, 7) is 1.04. The highest BCUT2D eigenvalue weighted by atomic mass is 16.2. The number of carbonyl (C=O) groups is 1. The molecule has 0 spiro atoms. The third-order valence-electron chi connectivity index (χ3n) is 4.26. The summed E-state index contributed by atoms with van der Waals surface area (Å²) in [6, 6.07) is 1.07. The number of rotatable bonds is 1. The fourth-order valence-corrected chi connectivity index (χ4v) is 3.47. The molecule has 0 radical (unpaired) electrons. The Morgan fingerprint density at radius 3 is 2.69 bits per heavy atom. The van der Waals surface area contributed by atoms with Crippen molar-refractivity contribution in [3.8, 4) is 0 Å². The van der Waals surface area contributed by atoms with Crippen LogP contribution in [0, 0.1) is 0 Å². The van der Waals surface area contributed by atoms with Crippen LogP contribution in [0.1, 0.15) is 44.9 Å². The molecule has 4 heteroatoms. The van der Waals surface area contributed by atoms with E-state index in [-0.39, 0.29) is 12.2 Å². The molecular formula is C12H21N3O. The lowest BCUT2D eigenvalue weighted by atomic mass is 9.92. The molecule has 2 aliphatic heterocycles. The lowest BCUT2D eigenvalue weighted by Gasteiger charge is -2.37. The third kappa shape index (κ3) is 1.69. The van der Waals surface area contributed by atoms with Crippen LogP contribution in [0.25, 0.3) is 0 Å². The molecule has 16 heavy (non-hydrogen) atoms. The van der Waals surface area contributed by atoms with E-state index in [1.807, 2.05) is 0 Å². The molecule has 1 saturated carbocycles. The Bertz CT molecular complexity index is 275. The van der Waals surface area contributed by atoms with Crippen LogP contribution >= 0.6 is 0 Å². The van der Waals surface area contributed by atoms with Crippen molar-refractivity contribution in [1.29, 1.82) is 0 Å². The first-order valence-corrected chi connectivity index (χ1v) is 6.68.